The summed E-state index contributed by atoms with van der Waals surface area (Å²) in [4.78, 5) is 13.2. The molecule has 0 unspecified atom stereocenters. The first-order chi connectivity index (χ1) is 13.6. The predicted molar refractivity (Wildman–Crippen MR) is 111 cm³/mol. The van der Waals surface area contributed by atoms with Crippen molar-refractivity contribution in [3.05, 3.63) is 124 Å². The van der Waals surface area contributed by atoms with E-state index in [0.29, 0.717) is 5.56 Å². The quantitative estimate of drug-likeness (QED) is 0.559. The van der Waals surface area contributed by atoms with Crippen molar-refractivity contribution < 1.29 is 5.11 Å². The van der Waals surface area contributed by atoms with E-state index in [1.807, 2.05) is 97.9 Å². The Bertz CT molecular complexity index is 1070. The Morgan fingerprint density at radius 1 is 0.821 bits per heavy atom. The van der Waals surface area contributed by atoms with Crippen molar-refractivity contribution in [2.75, 3.05) is 0 Å². The molecule has 0 bridgehead atoms. The van der Waals surface area contributed by atoms with Crippen LogP contribution in [0.25, 0.3) is 5.69 Å². The van der Waals surface area contributed by atoms with Crippen LogP contribution < -0.4 is 5.56 Å². The smallest absolute Gasteiger partial charge is 0.274 e. The first-order valence-corrected chi connectivity index (χ1v) is 9.29. The zero-order valence-corrected chi connectivity index (χ0v) is 15.7. The van der Waals surface area contributed by atoms with E-state index in [9.17, 15) is 9.90 Å². The average Bonchev–Trinajstić information content (AvgIpc) is 3.03. The lowest BCUT2D eigenvalue weighted by atomic mass is 9.81. The Balaban J connectivity index is 1.83. The van der Waals surface area contributed by atoms with Gasteiger partial charge in [0.2, 0.25) is 0 Å². The molecule has 1 heterocycles. The number of benzene rings is 3. The van der Waals surface area contributed by atoms with Gasteiger partial charge in [0.25, 0.3) is 5.56 Å². The summed E-state index contributed by atoms with van der Waals surface area (Å²) in [5, 5.41) is 14.9. The van der Waals surface area contributed by atoms with Crippen LogP contribution in [-0.4, -0.2) is 14.9 Å². The second-order valence-corrected chi connectivity index (χ2v) is 6.96. The summed E-state index contributed by atoms with van der Waals surface area (Å²) in [6, 6.07) is 28.4. The molecule has 0 saturated carbocycles. The number of nitrogens with zero attached hydrogens (tertiary/aromatic N) is 1. The number of aliphatic hydroxyl groups is 1. The summed E-state index contributed by atoms with van der Waals surface area (Å²) < 4.78 is 1.53. The third-order valence-electron chi connectivity index (χ3n) is 5.14. The van der Waals surface area contributed by atoms with Gasteiger partial charge in [0.1, 0.15) is 5.60 Å². The highest BCUT2D eigenvalue weighted by molar-refractivity contribution is 5.40. The van der Waals surface area contributed by atoms with Crippen LogP contribution >= 0.6 is 0 Å². The highest BCUT2D eigenvalue weighted by Crippen LogP contribution is 2.33. The van der Waals surface area contributed by atoms with Crippen LogP contribution in [0.2, 0.25) is 0 Å². The maximum atomic E-state index is 13.2. The molecule has 4 nitrogen and oxygen atoms in total. The van der Waals surface area contributed by atoms with Gasteiger partial charge >= 0.3 is 0 Å². The molecule has 28 heavy (non-hydrogen) atoms. The van der Waals surface area contributed by atoms with E-state index in [1.165, 1.54) is 4.68 Å². The van der Waals surface area contributed by atoms with Gasteiger partial charge in [0.05, 0.1) is 5.69 Å². The van der Waals surface area contributed by atoms with Crippen LogP contribution in [0.5, 0.6) is 0 Å². The van der Waals surface area contributed by atoms with E-state index in [2.05, 4.69) is 5.10 Å². The van der Waals surface area contributed by atoms with Gasteiger partial charge in [-0.15, -0.1) is 0 Å². The largest absolute Gasteiger partial charge is 0.380 e. The highest BCUT2D eigenvalue weighted by atomic mass is 16.3. The van der Waals surface area contributed by atoms with Crippen molar-refractivity contribution in [2.45, 2.75) is 18.9 Å². The number of H-pyrrole nitrogens is 1. The molecule has 4 rings (SSSR count). The first kappa shape index (κ1) is 18.0. The van der Waals surface area contributed by atoms with Crippen LogP contribution in [-0.2, 0) is 12.0 Å². The number of aromatic amines is 1. The Morgan fingerprint density at radius 2 is 1.29 bits per heavy atom. The van der Waals surface area contributed by atoms with Gasteiger partial charge in [-0.05, 0) is 30.2 Å². The van der Waals surface area contributed by atoms with Gasteiger partial charge in [-0.1, -0.05) is 78.9 Å². The average molecular weight is 370 g/mol. The molecular weight excluding hydrogens is 348 g/mol. The molecule has 0 spiro atoms. The molecule has 0 fully saturated rings. The van der Waals surface area contributed by atoms with E-state index in [0.717, 1.165) is 22.5 Å². The fraction of sp³-hybridized carbons (Fsp3) is 0.125. The van der Waals surface area contributed by atoms with Crippen molar-refractivity contribution >= 4 is 0 Å². The second-order valence-electron chi connectivity index (χ2n) is 6.96. The summed E-state index contributed by atoms with van der Waals surface area (Å²) in [7, 11) is 0. The summed E-state index contributed by atoms with van der Waals surface area (Å²) in [5.41, 5.74) is 2.15. The summed E-state index contributed by atoms with van der Waals surface area (Å²) in [5.74, 6) is 0. The molecule has 0 atom stereocenters. The standard InChI is InChI=1S/C24H22N2O2/c1-18-22(23(27)26(25-18)21-15-9-4-10-16-21)17-24(28,19-11-5-2-6-12-19)20-13-7-3-8-14-20/h2-16,25,28H,17H2,1H3. The molecule has 4 heteroatoms. The Hall–Kier alpha value is -3.37. The van der Waals surface area contributed by atoms with E-state index >= 15 is 0 Å². The van der Waals surface area contributed by atoms with Crippen molar-refractivity contribution in [2.24, 2.45) is 0 Å². The van der Waals surface area contributed by atoms with Crippen LogP contribution in [0.1, 0.15) is 22.4 Å². The van der Waals surface area contributed by atoms with E-state index in [1.54, 1.807) is 0 Å². The van der Waals surface area contributed by atoms with Crippen molar-refractivity contribution in [1.82, 2.24) is 9.78 Å². The molecule has 0 aliphatic carbocycles. The number of aromatic nitrogens is 2. The van der Waals surface area contributed by atoms with Crippen molar-refractivity contribution in [3.63, 3.8) is 0 Å². The topological polar surface area (TPSA) is 58.0 Å². The molecule has 0 radical (unpaired) electrons. The molecular formula is C24H22N2O2. The van der Waals surface area contributed by atoms with Gasteiger partial charge in [0.15, 0.2) is 0 Å². The fourth-order valence-electron chi connectivity index (χ4n) is 3.60. The zero-order chi connectivity index (χ0) is 19.6. The Morgan fingerprint density at radius 3 is 1.79 bits per heavy atom. The third kappa shape index (κ3) is 3.19. The third-order valence-corrected chi connectivity index (χ3v) is 5.14. The van der Waals surface area contributed by atoms with Crippen LogP contribution in [0, 0.1) is 6.92 Å². The molecule has 140 valence electrons. The lowest BCUT2D eigenvalue weighted by Gasteiger charge is -2.29. The van der Waals surface area contributed by atoms with Crippen LogP contribution in [0.3, 0.4) is 0 Å². The Kier molecular flexibility index (Phi) is 4.72. The molecule has 0 aliphatic heterocycles. The summed E-state index contributed by atoms with van der Waals surface area (Å²) in [6.07, 6.45) is 0.183. The summed E-state index contributed by atoms with van der Waals surface area (Å²) >= 11 is 0. The minimum atomic E-state index is -1.30. The van der Waals surface area contributed by atoms with Gasteiger partial charge in [-0.25, -0.2) is 4.68 Å². The van der Waals surface area contributed by atoms with Gasteiger partial charge in [-0.3, -0.25) is 9.89 Å². The second kappa shape index (κ2) is 7.33. The number of hydrogen-bond donors (Lipinski definition) is 2. The first-order valence-electron chi connectivity index (χ1n) is 9.29. The minimum absolute atomic E-state index is 0.144. The van der Waals surface area contributed by atoms with Gasteiger partial charge < -0.3 is 5.11 Å². The predicted octanol–water partition coefficient (Wildman–Crippen LogP) is 3.95. The lowest BCUT2D eigenvalue weighted by Crippen LogP contribution is -2.32. The maximum Gasteiger partial charge on any atom is 0.274 e. The number of hydrogen-bond acceptors (Lipinski definition) is 2. The van der Waals surface area contributed by atoms with Gasteiger partial charge in [0, 0.05) is 17.7 Å². The molecule has 0 aliphatic rings. The van der Waals surface area contributed by atoms with E-state index < -0.39 is 5.60 Å². The molecule has 2 N–H and O–H groups in total. The highest BCUT2D eigenvalue weighted by Gasteiger charge is 2.34. The number of nitrogens with one attached hydrogen (secondary N) is 1. The summed E-state index contributed by atoms with van der Waals surface area (Å²) in [6.45, 7) is 1.87. The monoisotopic (exact) mass is 370 g/mol. The Labute approximate surface area is 163 Å². The maximum absolute atomic E-state index is 13.2. The molecule has 0 amide bonds. The number of para-hydroxylation sites is 1. The van der Waals surface area contributed by atoms with Crippen molar-refractivity contribution in [1.29, 1.82) is 0 Å². The molecule has 1 aromatic heterocycles. The normalized spacial score (nSPS) is 11.5. The SMILES string of the molecule is Cc1[nH]n(-c2ccccc2)c(=O)c1CC(O)(c1ccccc1)c1ccccc1. The fourth-order valence-corrected chi connectivity index (χ4v) is 3.60. The molecule has 3 aromatic carbocycles. The van der Waals surface area contributed by atoms with E-state index in [-0.39, 0.29) is 12.0 Å². The van der Waals surface area contributed by atoms with Crippen molar-refractivity contribution in [3.8, 4) is 5.69 Å². The minimum Gasteiger partial charge on any atom is -0.380 e. The number of aryl methyl sites for hydroxylation is 1. The van der Waals surface area contributed by atoms with E-state index in [4.69, 9.17) is 0 Å². The molecule has 4 aromatic rings. The molecule has 0 saturated heterocycles. The van der Waals surface area contributed by atoms with Crippen LogP contribution in [0.4, 0.5) is 0 Å². The number of rotatable bonds is 5. The zero-order valence-electron chi connectivity index (χ0n) is 15.7. The lowest BCUT2D eigenvalue weighted by molar-refractivity contribution is 0.0807. The van der Waals surface area contributed by atoms with Gasteiger partial charge in [-0.2, -0.15) is 0 Å². The van der Waals surface area contributed by atoms with Crippen LogP contribution in [0.15, 0.2) is 95.8 Å².